The molecular formula is C28H33N3O. The molecule has 0 aliphatic rings. The summed E-state index contributed by atoms with van der Waals surface area (Å²) >= 11 is 0. The highest BCUT2D eigenvalue weighted by atomic mass is 16.3. The summed E-state index contributed by atoms with van der Waals surface area (Å²) in [5, 5.41) is 11.0. The van der Waals surface area contributed by atoms with Crippen LogP contribution in [0, 0.1) is 0 Å². The summed E-state index contributed by atoms with van der Waals surface area (Å²) in [6.07, 6.45) is 3.52. The van der Waals surface area contributed by atoms with Gasteiger partial charge in [-0.15, -0.1) is 0 Å². The average Bonchev–Trinajstić information content (AvgIpc) is 2.71. The Morgan fingerprint density at radius 1 is 0.719 bits per heavy atom. The summed E-state index contributed by atoms with van der Waals surface area (Å²) < 4.78 is 0. The normalized spacial score (nSPS) is 12.7. The third-order valence-corrected chi connectivity index (χ3v) is 5.38. The van der Waals surface area contributed by atoms with E-state index >= 15 is 0 Å². The summed E-state index contributed by atoms with van der Waals surface area (Å²) in [7, 11) is 0. The van der Waals surface area contributed by atoms with Gasteiger partial charge in [0.1, 0.15) is 11.4 Å². The van der Waals surface area contributed by atoms with Crippen molar-refractivity contribution in [1.29, 1.82) is 0 Å². The molecule has 0 atom stereocenters. The van der Waals surface area contributed by atoms with Crippen LogP contribution >= 0.6 is 0 Å². The summed E-state index contributed by atoms with van der Waals surface area (Å²) in [5.41, 5.74) is 11.5. The number of nitrogens with zero attached hydrogens (tertiary/aromatic N) is 2. The zero-order valence-electron chi connectivity index (χ0n) is 19.8. The number of nitrogen functional groups attached to an aromatic ring is 1. The lowest BCUT2D eigenvalue weighted by Crippen LogP contribution is -2.16. The zero-order chi connectivity index (χ0) is 23.5. The summed E-state index contributed by atoms with van der Waals surface area (Å²) in [6.45, 7) is 12.8. The number of nitrogens with two attached hydrogens (primary N) is 1. The number of aliphatic imine (C=N–C) groups is 2. The predicted octanol–water partition coefficient (Wildman–Crippen LogP) is 7.07. The van der Waals surface area contributed by atoms with Gasteiger partial charge in [-0.1, -0.05) is 84.0 Å². The molecule has 0 heterocycles. The molecule has 3 rings (SSSR count). The molecule has 0 fully saturated rings. The van der Waals surface area contributed by atoms with Crippen molar-refractivity contribution in [2.24, 2.45) is 9.98 Å². The topological polar surface area (TPSA) is 71.0 Å². The second-order valence-corrected chi connectivity index (χ2v) is 10.1. The molecule has 0 saturated heterocycles. The van der Waals surface area contributed by atoms with Gasteiger partial charge in [-0.3, -0.25) is 9.98 Å². The maximum absolute atomic E-state index is 11.0. The maximum Gasteiger partial charge on any atom is 0.144 e. The van der Waals surface area contributed by atoms with Crippen molar-refractivity contribution >= 4 is 29.5 Å². The van der Waals surface area contributed by atoms with E-state index in [0.717, 1.165) is 27.9 Å². The number of benzene rings is 3. The first-order chi connectivity index (χ1) is 15.0. The van der Waals surface area contributed by atoms with Crippen LogP contribution < -0.4 is 5.73 Å². The van der Waals surface area contributed by atoms with Gasteiger partial charge < -0.3 is 10.8 Å². The number of anilines is 1. The van der Waals surface area contributed by atoms with E-state index in [2.05, 4.69) is 57.6 Å². The molecule has 32 heavy (non-hydrogen) atoms. The number of para-hydroxylation sites is 2. The highest BCUT2D eigenvalue weighted by molar-refractivity contribution is 5.93. The van der Waals surface area contributed by atoms with Crippen molar-refractivity contribution in [2.45, 2.75) is 52.4 Å². The number of hydrogen-bond donors (Lipinski definition) is 2. The van der Waals surface area contributed by atoms with Crippen LogP contribution in [0.4, 0.5) is 17.1 Å². The molecule has 0 radical (unpaired) electrons. The largest absolute Gasteiger partial charge is 0.505 e. The summed E-state index contributed by atoms with van der Waals surface area (Å²) in [5.74, 6) is 0.222. The standard InChI is InChI=1S/C28H33N3O/c1-27(2,3)21-15-22(28(4,5)6)26(32)25(16-21)31-18-20-12-8-10-14-24(20)30-17-19-11-7-9-13-23(19)29/h7-18,32H,29H2,1-6H3. The van der Waals surface area contributed by atoms with Crippen molar-refractivity contribution < 1.29 is 5.11 Å². The van der Waals surface area contributed by atoms with Crippen molar-refractivity contribution in [3.05, 3.63) is 82.9 Å². The Labute approximate surface area is 191 Å². The number of rotatable bonds is 4. The molecule has 0 aliphatic heterocycles. The van der Waals surface area contributed by atoms with Crippen LogP contribution in [-0.2, 0) is 10.8 Å². The fourth-order valence-electron chi connectivity index (χ4n) is 3.34. The second kappa shape index (κ2) is 8.99. The number of phenolic OH excluding ortho intramolecular Hbond substituents is 1. The Bertz CT molecular complexity index is 1160. The molecule has 3 aromatic carbocycles. The Kier molecular flexibility index (Phi) is 6.54. The van der Waals surface area contributed by atoms with Crippen molar-refractivity contribution in [1.82, 2.24) is 0 Å². The number of hydrogen-bond acceptors (Lipinski definition) is 4. The van der Waals surface area contributed by atoms with Crippen LogP contribution in [0.3, 0.4) is 0 Å². The lowest BCUT2D eigenvalue weighted by molar-refractivity contribution is 0.446. The highest BCUT2D eigenvalue weighted by Gasteiger charge is 2.24. The Hall–Kier alpha value is -3.40. The minimum absolute atomic E-state index is 0.0597. The van der Waals surface area contributed by atoms with E-state index in [1.165, 1.54) is 0 Å². The van der Waals surface area contributed by atoms with Gasteiger partial charge in [-0.05, 0) is 34.6 Å². The molecule has 3 aromatic rings. The SMILES string of the molecule is CC(C)(C)c1cc(N=Cc2ccccc2N=Cc2ccccc2N)c(O)c(C(C)(C)C)c1. The Morgan fingerprint density at radius 3 is 1.91 bits per heavy atom. The van der Waals surface area contributed by atoms with E-state index in [1.807, 2.05) is 54.6 Å². The first-order valence-electron chi connectivity index (χ1n) is 10.9. The van der Waals surface area contributed by atoms with E-state index in [9.17, 15) is 5.11 Å². The van der Waals surface area contributed by atoms with Gasteiger partial charge in [0, 0.05) is 34.8 Å². The van der Waals surface area contributed by atoms with Crippen LogP contribution in [0.25, 0.3) is 0 Å². The molecule has 0 bridgehead atoms. The van der Waals surface area contributed by atoms with Crippen LogP contribution in [0.2, 0.25) is 0 Å². The van der Waals surface area contributed by atoms with E-state index in [4.69, 9.17) is 5.73 Å². The van der Waals surface area contributed by atoms with E-state index in [0.29, 0.717) is 11.4 Å². The lowest BCUT2D eigenvalue weighted by Gasteiger charge is -2.26. The lowest BCUT2D eigenvalue weighted by atomic mass is 9.80. The van der Waals surface area contributed by atoms with Crippen LogP contribution in [0.15, 0.2) is 70.6 Å². The van der Waals surface area contributed by atoms with E-state index < -0.39 is 0 Å². The molecule has 4 nitrogen and oxygen atoms in total. The minimum atomic E-state index is -0.201. The molecular weight excluding hydrogens is 394 g/mol. The third kappa shape index (κ3) is 5.44. The van der Waals surface area contributed by atoms with Crippen LogP contribution in [0.5, 0.6) is 5.75 Å². The van der Waals surface area contributed by atoms with E-state index in [1.54, 1.807) is 12.4 Å². The second-order valence-electron chi connectivity index (χ2n) is 10.1. The fourth-order valence-corrected chi connectivity index (χ4v) is 3.34. The summed E-state index contributed by atoms with van der Waals surface area (Å²) in [4.78, 5) is 9.31. The quantitative estimate of drug-likeness (QED) is 0.345. The Morgan fingerprint density at radius 2 is 1.28 bits per heavy atom. The molecule has 0 aromatic heterocycles. The molecule has 0 spiro atoms. The van der Waals surface area contributed by atoms with E-state index in [-0.39, 0.29) is 16.6 Å². The van der Waals surface area contributed by atoms with Crippen molar-refractivity contribution in [3.63, 3.8) is 0 Å². The third-order valence-electron chi connectivity index (χ3n) is 5.38. The average molecular weight is 428 g/mol. The first kappa shape index (κ1) is 23.3. The summed E-state index contributed by atoms with van der Waals surface area (Å²) in [6, 6.07) is 19.5. The number of aromatic hydroxyl groups is 1. The molecule has 0 amide bonds. The predicted molar refractivity (Wildman–Crippen MR) is 137 cm³/mol. The van der Waals surface area contributed by atoms with Gasteiger partial charge in [-0.2, -0.15) is 0 Å². The smallest absolute Gasteiger partial charge is 0.144 e. The number of phenols is 1. The molecule has 0 saturated carbocycles. The van der Waals surface area contributed by atoms with Crippen molar-refractivity contribution in [3.8, 4) is 5.75 Å². The molecule has 0 aliphatic carbocycles. The first-order valence-corrected chi connectivity index (χ1v) is 10.9. The monoisotopic (exact) mass is 427 g/mol. The van der Waals surface area contributed by atoms with Crippen LogP contribution in [0.1, 0.15) is 63.8 Å². The van der Waals surface area contributed by atoms with Gasteiger partial charge >= 0.3 is 0 Å². The van der Waals surface area contributed by atoms with Gasteiger partial charge in [0.2, 0.25) is 0 Å². The van der Waals surface area contributed by atoms with Gasteiger partial charge in [0.25, 0.3) is 0 Å². The van der Waals surface area contributed by atoms with Crippen LogP contribution in [-0.4, -0.2) is 17.5 Å². The zero-order valence-corrected chi connectivity index (χ0v) is 19.8. The fraction of sp³-hybridized carbons (Fsp3) is 0.286. The minimum Gasteiger partial charge on any atom is -0.505 e. The van der Waals surface area contributed by atoms with Gasteiger partial charge in [0.15, 0.2) is 0 Å². The maximum atomic E-state index is 11.0. The van der Waals surface area contributed by atoms with Gasteiger partial charge in [0.05, 0.1) is 5.69 Å². The Balaban J connectivity index is 2.03. The van der Waals surface area contributed by atoms with Crippen molar-refractivity contribution in [2.75, 3.05) is 5.73 Å². The molecule has 3 N–H and O–H groups in total. The van der Waals surface area contributed by atoms with Gasteiger partial charge in [-0.25, -0.2) is 0 Å². The molecule has 0 unspecified atom stereocenters. The highest BCUT2D eigenvalue weighted by Crippen LogP contribution is 2.41. The molecule has 4 heteroatoms. The molecule has 166 valence electrons.